The summed E-state index contributed by atoms with van der Waals surface area (Å²) >= 11 is 0. The number of halogens is 3. The molecule has 162 valence electrons. The first kappa shape index (κ1) is 23.5. The molecule has 7 heteroatoms. The van der Waals surface area contributed by atoms with E-state index in [1.165, 1.54) is 6.07 Å². The maximum atomic E-state index is 13.3. The van der Waals surface area contributed by atoms with Crippen molar-refractivity contribution < 1.29 is 22.7 Å². The lowest BCUT2D eigenvalue weighted by Gasteiger charge is -2.63. The van der Waals surface area contributed by atoms with Gasteiger partial charge in [0.25, 0.3) is 5.91 Å². The number of nitrogens with zero attached hydrogens (tertiary/aromatic N) is 1. The van der Waals surface area contributed by atoms with Crippen molar-refractivity contribution in [2.24, 2.45) is 10.8 Å². The highest BCUT2D eigenvalue weighted by Gasteiger charge is 2.64. The van der Waals surface area contributed by atoms with E-state index in [-0.39, 0.29) is 17.7 Å². The monoisotopic (exact) mass is 420 g/mol. The fourth-order valence-electron chi connectivity index (χ4n) is 4.56. The van der Waals surface area contributed by atoms with E-state index in [0.29, 0.717) is 5.57 Å². The van der Waals surface area contributed by atoms with Gasteiger partial charge in [0, 0.05) is 22.4 Å². The van der Waals surface area contributed by atoms with Crippen molar-refractivity contribution in [1.82, 2.24) is 5.32 Å². The van der Waals surface area contributed by atoms with Crippen LogP contribution in [0.2, 0.25) is 0 Å². The molecule has 0 heterocycles. The first-order chi connectivity index (χ1) is 13.8. The molecule has 1 aromatic carbocycles. The van der Waals surface area contributed by atoms with Gasteiger partial charge in [-0.05, 0) is 32.0 Å². The lowest BCUT2D eigenvalue weighted by Crippen LogP contribution is -2.74. The molecule has 1 saturated carbocycles. The van der Waals surface area contributed by atoms with E-state index in [2.05, 4.69) is 5.32 Å². The average molecular weight is 420 g/mol. The molecule has 2 rings (SSSR count). The molecule has 0 radical (unpaired) electrons. The van der Waals surface area contributed by atoms with Crippen LogP contribution in [0.3, 0.4) is 0 Å². The minimum absolute atomic E-state index is 0.0420. The fourth-order valence-corrected chi connectivity index (χ4v) is 4.56. The molecule has 1 aliphatic carbocycles. The van der Waals surface area contributed by atoms with Crippen molar-refractivity contribution >= 4 is 5.91 Å². The Hall–Kier alpha value is -2.75. The number of ether oxygens (including phenoxy) is 1. The number of alkyl halides is 3. The van der Waals surface area contributed by atoms with Crippen LogP contribution in [-0.2, 0) is 11.0 Å². The molecule has 1 amide bonds. The van der Waals surface area contributed by atoms with Gasteiger partial charge in [-0.25, -0.2) is 0 Å². The number of nitrogens with one attached hydrogen (secondary N) is 1. The third-order valence-corrected chi connectivity index (χ3v) is 5.71. The van der Waals surface area contributed by atoms with Crippen LogP contribution < -0.4 is 10.1 Å². The molecule has 1 aromatic rings. The molecule has 1 aliphatic rings. The van der Waals surface area contributed by atoms with Crippen LogP contribution in [0, 0.1) is 22.2 Å². The topological polar surface area (TPSA) is 62.1 Å². The van der Waals surface area contributed by atoms with Crippen LogP contribution in [0.4, 0.5) is 13.2 Å². The van der Waals surface area contributed by atoms with Crippen LogP contribution >= 0.6 is 0 Å². The van der Waals surface area contributed by atoms with Gasteiger partial charge in [-0.1, -0.05) is 45.9 Å². The summed E-state index contributed by atoms with van der Waals surface area (Å²) in [5, 5.41) is 12.0. The zero-order chi connectivity index (χ0) is 22.9. The maximum Gasteiger partial charge on any atom is 0.417 e. The first-order valence-electron chi connectivity index (χ1n) is 9.68. The molecule has 30 heavy (non-hydrogen) atoms. The minimum atomic E-state index is -4.65. The molecule has 1 fully saturated rings. The van der Waals surface area contributed by atoms with Crippen molar-refractivity contribution in [2.45, 2.75) is 59.9 Å². The van der Waals surface area contributed by atoms with Gasteiger partial charge < -0.3 is 10.1 Å². The number of rotatable bonds is 5. The van der Waals surface area contributed by atoms with E-state index in [4.69, 9.17) is 10.00 Å². The lowest BCUT2D eigenvalue weighted by molar-refractivity contribution is -0.172. The zero-order valence-corrected chi connectivity index (χ0v) is 18.0. The van der Waals surface area contributed by atoms with Gasteiger partial charge in [0.05, 0.1) is 17.2 Å². The van der Waals surface area contributed by atoms with E-state index in [1.54, 1.807) is 31.2 Å². The molecule has 0 bridgehead atoms. The Morgan fingerprint density at radius 3 is 2.27 bits per heavy atom. The molecule has 4 nitrogen and oxygen atoms in total. The van der Waals surface area contributed by atoms with Crippen molar-refractivity contribution in [1.29, 1.82) is 5.26 Å². The number of carbonyl (C=O) groups excluding carboxylic acids is 1. The number of hydrogen-bond donors (Lipinski definition) is 1. The number of hydrogen-bond acceptors (Lipinski definition) is 3. The molecule has 0 atom stereocenters. The summed E-state index contributed by atoms with van der Waals surface area (Å²) in [6.45, 7) is 11.2. The minimum Gasteiger partial charge on any atom is -0.489 e. The zero-order valence-electron chi connectivity index (χ0n) is 18.0. The highest BCUT2D eigenvalue weighted by Crippen LogP contribution is 2.55. The highest BCUT2D eigenvalue weighted by atomic mass is 19.4. The SMILES string of the molecule is C/C=C\C(=C/C)C(=O)NC1C(C)(C)C(Oc2ccc(C#N)c(C(F)(F)F)c2)C1(C)C. The number of allylic oxidation sites excluding steroid dienone is 2. The second-order valence-corrected chi connectivity index (χ2v) is 8.61. The Kier molecular flexibility index (Phi) is 6.41. The van der Waals surface area contributed by atoms with Crippen molar-refractivity contribution in [3.63, 3.8) is 0 Å². The van der Waals surface area contributed by atoms with Gasteiger partial charge in [-0.2, -0.15) is 18.4 Å². The molecule has 0 aliphatic heterocycles. The number of benzene rings is 1. The quantitative estimate of drug-likeness (QED) is 0.513. The Labute approximate surface area is 175 Å². The van der Waals surface area contributed by atoms with E-state index in [9.17, 15) is 18.0 Å². The first-order valence-corrected chi connectivity index (χ1v) is 9.68. The van der Waals surface area contributed by atoms with Crippen molar-refractivity contribution in [3.8, 4) is 11.8 Å². The summed E-state index contributed by atoms with van der Waals surface area (Å²) < 4.78 is 45.8. The summed E-state index contributed by atoms with van der Waals surface area (Å²) in [5.74, 6) is -0.168. The van der Waals surface area contributed by atoms with Gasteiger partial charge >= 0.3 is 6.18 Å². The van der Waals surface area contributed by atoms with Crippen LogP contribution in [0.15, 0.2) is 42.0 Å². The Morgan fingerprint density at radius 1 is 1.20 bits per heavy atom. The van der Waals surface area contributed by atoms with E-state index < -0.39 is 34.2 Å². The number of nitriles is 1. The van der Waals surface area contributed by atoms with Gasteiger partial charge in [0.15, 0.2) is 0 Å². The van der Waals surface area contributed by atoms with Gasteiger partial charge in [0.1, 0.15) is 11.9 Å². The summed E-state index contributed by atoms with van der Waals surface area (Å²) in [6, 6.07) is 4.67. The standard InChI is InChI=1S/C23H27F3N2O2/c1-7-9-14(8-2)18(29)28-19-21(3,4)20(22(19,5)6)30-16-11-10-15(13-27)17(12-16)23(24,25)26/h7-12,19-20H,1-6H3,(H,28,29)/b9-7-,14-8+. The Bertz CT molecular complexity index is 905. The number of carbonyl (C=O) groups is 1. The number of amides is 1. The van der Waals surface area contributed by atoms with Gasteiger partial charge in [-0.3, -0.25) is 4.79 Å². The fraction of sp³-hybridized carbons (Fsp3) is 0.478. The van der Waals surface area contributed by atoms with Gasteiger partial charge in [0.2, 0.25) is 0 Å². The van der Waals surface area contributed by atoms with Gasteiger partial charge in [-0.15, -0.1) is 0 Å². The summed E-state index contributed by atoms with van der Waals surface area (Å²) in [7, 11) is 0. The summed E-state index contributed by atoms with van der Waals surface area (Å²) in [4.78, 5) is 12.6. The average Bonchev–Trinajstić information content (AvgIpc) is 2.66. The predicted octanol–water partition coefficient (Wildman–Crippen LogP) is 5.40. The highest BCUT2D eigenvalue weighted by molar-refractivity contribution is 5.96. The summed E-state index contributed by atoms with van der Waals surface area (Å²) in [6.07, 6.45) is 0.122. The third-order valence-electron chi connectivity index (χ3n) is 5.71. The van der Waals surface area contributed by atoms with Crippen LogP contribution in [0.5, 0.6) is 5.75 Å². The van der Waals surface area contributed by atoms with Crippen LogP contribution in [0.1, 0.15) is 52.7 Å². The normalized spacial score (nSPS) is 22.9. The lowest BCUT2D eigenvalue weighted by atomic mass is 9.49. The third kappa shape index (κ3) is 4.23. The van der Waals surface area contributed by atoms with E-state index in [1.807, 2.05) is 34.6 Å². The van der Waals surface area contributed by atoms with E-state index in [0.717, 1.165) is 12.1 Å². The predicted molar refractivity (Wildman–Crippen MR) is 109 cm³/mol. The van der Waals surface area contributed by atoms with Crippen LogP contribution in [0.25, 0.3) is 0 Å². The summed E-state index contributed by atoms with van der Waals surface area (Å²) in [5.41, 5.74) is -1.99. The largest absolute Gasteiger partial charge is 0.489 e. The van der Waals surface area contributed by atoms with Crippen molar-refractivity contribution in [3.05, 3.63) is 53.1 Å². The maximum absolute atomic E-state index is 13.3. The second kappa shape index (κ2) is 8.17. The Balaban J connectivity index is 2.27. The van der Waals surface area contributed by atoms with Crippen molar-refractivity contribution in [2.75, 3.05) is 0 Å². The molecule has 0 aromatic heterocycles. The molecule has 0 unspecified atom stereocenters. The van der Waals surface area contributed by atoms with Crippen LogP contribution in [-0.4, -0.2) is 18.1 Å². The molecular weight excluding hydrogens is 393 g/mol. The molecular formula is C23H27F3N2O2. The molecule has 1 N–H and O–H groups in total. The molecule has 0 saturated heterocycles. The second-order valence-electron chi connectivity index (χ2n) is 8.61. The smallest absolute Gasteiger partial charge is 0.417 e. The molecule has 0 spiro atoms. The van der Waals surface area contributed by atoms with E-state index >= 15 is 0 Å². The Morgan fingerprint density at radius 2 is 1.80 bits per heavy atom.